The molecule has 0 aliphatic carbocycles. The van der Waals surface area contributed by atoms with Crippen LogP contribution in [0.3, 0.4) is 0 Å². The number of amides is 1. The second-order valence-corrected chi connectivity index (χ2v) is 8.51. The second kappa shape index (κ2) is 9.67. The van der Waals surface area contributed by atoms with E-state index in [1.54, 1.807) is 11.8 Å². The Hall–Kier alpha value is -3.31. The summed E-state index contributed by atoms with van der Waals surface area (Å²) in [7, 11) is 1.61. The maximum absolute atomic E-state index is 12.3. The summed E-state index contributed by atoms with van der Waals surface area (Å²) in [6.45, 7) is 2.43. The lowest BCUT2D eigenvalue weighted by Gasteiger charge is -2.09. The summed E-state index contributed by atoms with van der Waals surface area (Å²) in [5, 5.41) is 24.6. The van der Waals surface area contributed by atoms with Crippen LogP contribution >= 0.6 is 23.1 Å². The normalized spacial score (nSPS) is 10.8. The van der Waals surface area contributed by atoms with E-state index < -0.39 is 0 Å². The van der Waals surface area contributed by atoms with Gasteiger partial charge in [0.15, 0.2) is 0 Å². The summed E-state index contributed by atoms with van der Waals surface area (Å²) in [5.74, 6) is 0.915. The van der Waals surface area contributed by atoms with Crippen LogP contribution in [0, 0.1) is 6.92 Å². The molecule has 9 nitrogen and oxygen atoms in total. The molecule has 2 aromatic carbocycles. The molecule has 158 valence electrons. The molecule has 0 aliphatic heterocycles. The van der Waals surface area contributed by atoms with Crippen LogP contribution in [0.5, 0.6) is 5.75 Å². The third-order valence-corrected chi connectivity index (χ3v) is 6.32. The van der Waals surface area contributed by atoms with Crippen molar-refractivity contribution in [3.8, 4) is 11.4 Å². The number of ether oxygens (including phenoxy) is 1. The fourth-order valence-electron chi connectivity index (χ4n) is 2.77. The Labute approximate surface area is 186 Å². The molecule has 11 heteroatoms. The van der Waals surface area contributed by atoms with Gasteiger partial charge < -0.3 is 10.1 Å². The van der Waals surface area contributed by atoms with Gasteiger partial charge in [-0.3, -0.25) is 4.79 Å². The first-order valence-corrected chi connectivity index (χ1v) is 11.1. The molecular formula is C20H19N7O2S2. The monoisotopic (exact) mass is 453 g/mol. The summed E-state index contributed by atoms with van der Waals surface area (Å²) < 4.78 is 7.07. The third-order valence-electron chi connectivity index (χ3n) is 4.29. The average molecular weight is 454 g/mol. The highest BCUT2D eigenvalue weighted by atomic mass is 32.2. The number of thioether (sulfide) groups is 1. The fraction of sp³-hybridized carbons (Fsp3) is 0.200. The lowest BCUT2D eigenvalue weighted by atomic mass is 10.2. The number of aryl methyl sites for hydroxylation is 1. The van der Waals surface area contributed by atoms with E-state index in [1.807, 2.05) is 55.5 Å². The molecule has 4 rings (SSSR count). The van der Waals surface area contributed by atoms with E-state index in [9.17, 15) is 4.79 Å². The van der Waals surface area contributed by atoms with Crippen LogP contribution in [0.25, 0.3) is 5.69 Å². The quantitative estimate of drug-likeness (QED) is 0.406. The van der Waals surface area contributed by atoms with Gasteiger partial charge in [0.05, 0.1) is 12.9 Å². The minimum atomic E-state index is -0.244. The number of carbonyl (C=O) groups excluding carboxylic acids is 1. The Balaban J connectivity index is 1.40. The molecular weight excluding hydrogens is 434 g/mol. The zero-order chi connectivity index (χ0) is 21.6. The molecule has 0 unspecified atom stereocenters. The highest BCUT2D eigenvalue weighted by molar-refractivity contribution is 7.98. The smallest absolute Gasteiger partial charge is 0.282 e. The number of rotatable bonds is 8. The molecule has 0 fully saturated rings. The molecule has 0 saturated heterocycles. The van der Waals surface area contributed by atoms with Crippen LogP contribution < -0.4 is 10.1 Å². The van der Waals surface area contributed by atoms with Crippen molar-refractivity contribution in [2.24, 2.45) is 0 Å². The minimum Gasteiger partial charge on any atom is -0.494 e. The lowest BCUT2D eigenvalue weighted by Crippen LogP contribution is -2.22. The number of nitrogens with one attached hydrogen (secondary N) is 1. The lowest BCUT2D eigenvalue weighted by molar-refractivity contribution is 0.0950. The molecule has 0 spiro atoms. The minimum absolute atomic E-state index is 0.244. The maximum Gasteiger partial charge on any atom is 0.282 e. The molecule has 31 heavy (non-hydrogen) atoms. The van der Waals surface area contributed by atoms with Crippen molar-refractivity contribution in [2.45, 2.75) is 24.4 Å². The summed E-state index contributed by atoms with van der Waals surface area (Å²) >= 11 is 2.66. The second-order valence-electron chi connectivity index (χ2n) is 6.51. The van der Waals surface area contributed by atoms with E-state index in [2.05, 4.69) is 31.0 Å². The number of hydrogen-bond acceptors (Lipinski definition) is 9. The Morgan fingerprint density at radius 1 is 1.16 bits per heavy atom. The topological polar surface area (TPSA) is 108 Å². The van der Waals surface area contributed by atoms with Crippen LogP contribution in [-0.2, 0) is 12.3 Å². The molecule has 0 atom stereocenters. The molecule has 0 aliphatic rings. The van der Waals surface area contributed by atoms with Crippen LogP contribution in [-0.4, -0.2) is 43.4 Å². The van der Waals surface area contributed by atoms with Gasteiger partial charge in [0, 0.05) is 6.54 Å². The summed E-state index contributed by atoms with van der Waals surface area (Å²) in [6, 6.07) is 15.5. The molecule has 2 heterocycles. The predicted molar refractivity (Wildman–Crippen MR) is 118 cm³/mol. The number of nitrogens with zero attached hydrogens (tertiary/aromatic N) is 6. The Morgan fingerprint density at radius 2 is 2.00 bits per heavy atom. The van der Waals surface area contributed by atoms with Crippen LogP contribution in [0.2, 0.25) is 0 Å². The van der Waals surface area contributed by atoms with Gasteiger partial charge in [-0.15, -0.1) is 15.3 Å². The van der Waals surface area contributed by atoms with Crippen molar-refractivity contribution in [3.05, 3.63) is 69.7 Å². The van der Waals surface area contributed by atoms with Gasteiger partial charge in [0.25, 0.3) is 5.91 Å². The summed E-state index contributed by atoms with van der Waals surface area (Å²) in [4.78, 5) is 12.3. The molecule has 0 saturated carbocycles. The highest BCUT2D eigenvalue weighted by Gasteiger charge is 2.17. The number of carbonyl (C=O) groups is 1. The van der Waals surface area contributed by atoms with Crippen molar-refractivity contribution < 1.29 is 9.53 Å². The first-order chi connectivity index (χ1) is 15.1. The summed E-state index contributed by atoms with van der Waals surface area (Å²) in [6.07, 6.45) is 0. The number of benzene rings is 2. The highest BCUT2D eigenvalue weighted by Crippen LogP contribution is 2.29. The Bertz CT molecular complexity index is 1180. The Morgan fingerprint density at radius 3 is 2.81 bits per heavy atom. The number of hydrogen-bond donors (Lipinski definition) is 1. The van der Waals surface area contributed by atoms with E-state index in [4.69, 9.17) is 4.74 Å². The molecule has 1 amide bonds. The standard InChI is InChI=1S/C20H19N7O2S2/c1-13-8-9-16(29-2)15(10-13)27-20(24-25-26-27)30-12-17-22-23-19(31-17)18(28)21-11-14-6-4-3-5-7-14/h3-10H,11-12H2,1-2H3,(H,21,28). The van der Waals surface area contributed by atoms with E-state index in [1.165, 1.54) is 23.1 Å². The van der Waals surface area contributed by atoms with Crippen LogP contribution in [0.4, 0.5) is 0 Å². The van der Waals surface area contributed by atoms with Gasteiger partial charge in [-0.1, -0.05) is 59.5 Å². The predicted octanol–water partition coefficient (Wildman–Crippen LogP) is 3.05. The largest absolute Gasteiger partial charge is 0.494 e. The molecule has 1 N–H and O–H groups in total. The zero-order valence-corrected chi connectivity index (χ0v) is 18.5. The molecule has 0 radical (unpaired) electrons. The first-order valence-electron chi connectivity index (χ1n) is 9.34. The van der Waals surface area contributed by atoms with Crippen LogP contribution in [0.15, 0.2) is 53.7 Å². The van der Waals surface area contributed by atoms with Crippen LogP contribution in [0.1, 0.15) is 25.9 Å². The van der Waals surface area contributed by atoms with Gasteiger partial charge in [-0.2, -0.15) is 4.68 Å². The first kappa shape index (κ1) is 20.9. The van der Waals surface area contributed by atoms with E-state index in [0.717, 1.165) is 16.8 Å². The number of tetrazole rings is 1. The number of methoxy groups -OCH3 is 1. The maximum atomic E-state index is 12.3. The SMILES string of the molecule is COc1ccc(C)cc1-n1nnnc1SCc1nnc(C(=O)NCc2ccccc2)s1. The third kappa shape index (κ3) is 5.06. The van der Waals surface area contributed by atoms with E-state index in [-0.39, 0.29) is 5.91 Å². The fourth-order valence-corrected chi connectivity index (χ4v) is 4.39. The van der Waals surface area contributed by atoms with E-state index >= 15 is 0 Å². The van der Waals surface area contributed by atoms with Gasteiger partial charge >= 0.3 is 0 Å². The molecule has 2 aromatic heterocycles. The summed E-state index contributed by atoms with van der Waals surface area (Å²) in [5.41, 5.74) is 2.85. The zero-order valence-electron chi connectivity index (χ0n) is 16.8. The Kier molecular flexibility index (Phi) is 6.53. The number of aromatic nitrogens is 6. The molecule has 4 aromatic rings. The van der Waals surface area contributed by atoms with Crippen molar-refractivity contribution in [1.29, 1.82) is 0 Å². The van der Waals surface area contributed by atoms with Crippen molar-refractivity contribution in [3.63, 3.8) is 0 Å². The average Bonchev–Trinajstić information content (AvgIpc) is 3.46. The van der Waals surface area contributed by atoms with Crippen molar-refractivity contribution >= 4 is 29.0 Å². The molecule has 0 bridgehead atoms. The van der Waals surface area contributed by atoms with Crippen molar-refractivity contribution in [2.75, 3.05) is 7.11 Å². The van der Waals surface area contributed by atoms with Gasteiger partial charge in [-0.05, 0) is 40.6 Å². The van der Waals surface area contributed by atoms with E-state index in [0.29, 0.717) is 33.2 Å². The van der Waals surface area contributed by atoms with Gasteiger partial charge in [0.1, 0.15) is 16.4 Å². The van der Waals surface area contributed by atoms with Gasteiger partial charge in [0.2, 0.25) is 10.2 Å². The van der Waals surface area contributed by atoms with Crippen molar-refractivity contribution in [1.82, 2.24) is 35.7 Å². The van der Waals surface area contributed by atoms with Gasteiger partial charge in [-0.25, -0.2) is 0 Å².